The average Bonchev–Trinajstić information content (AvgIpc) is 3.03. The van der Waals surface area contributed by atoms with E-state index in [-0.39, 0.29) is 0 Å². The summed E-state index contributed by atoms with van der Waals surface area (Å²) in [6, 6.07) is 8.27. The van der Waals surface area contributed by atoms with Crippen molar-refractivity contribution in [2.45, 2.75) is 39.2 Å². The van der Waals surface area contributed by atoms with Gasteiger partial charge in [0.05, 0.1) is 11.6 Å². The van der Waals surface area contributed by atoms with Gasteiger partial charge in [0.1, 0.15) is 0 Å². The van der Waals surface area contributed by atoms with E-state index in [9.17, 15) is 0 Å². The largest absolute Gasteiger partial charge is 0.302 e. The van der Waals surface area contributed by atoms with Gasteiger partial charge in [-0.05, 0) is 74.2 Å². The van der Waals surface area contributed by atoms with Gasteiger partial charge in [0.15, 0.2) is 0 Å². The maximum atomic E-state index is 8.92. The highest BCUT2D eigenvalue weighted by molar-refractivity contribution is 5.37. The molecule has 106 valence electrons. The number of nitrogens with zero attached hydrogens (tertiary/aromatic N) is 2. The fraction of sp³-hybridized carbons (Fsp3) is 0.611. The zero-order valence-electron chi connectivity index (χ0n) is 12.6. The Hall–Kier alpha value is -1.33. The minimum atomic E-state index is 0.766. The van der Waals surface area contributed by atoms with Crippen LogP contribution < -0.4 is 0 Å². The number of rotatable bonds is 4. The van der Waals surface area contributed by atoms with Crippen LogP contribution in [0.1, 0.15) is 42.4 Å². The lowest BCUT2D eigenvalue weighted by atomic mass is 9.88. The molecular formula is C18H24N2. The van der Waals surface area contributed by atoms with Crippen LogP contribution in [-0.4, -0.2) is 18.5 Å². The summed E-state index contributed by atoms with van der Waals surface area (Å²) in [6.45, 7) is 4.35. The smallest absolute Gasteiger partial charge is 0.0991 e. The second kappa shape index (κ2) is 5.58. The number of fused-ring (bicyclic) bond motifs is 2. The molecule has 0 aromatic heterocycles. The SMILES string of the molecule is Cc1cc(C#N)ccc1CN(C)CC1CC2CCC1C2. The Morgan fingerprint density at radius 2 is 2.15 bits per heavy atom. The highest BCUT2D eigenvalue weighted by atomic mass is 15.1. The summed E-state index contributed by atoms with van der Waals surface area (Å²) in [6.07, 6.45) is 5.91. The van der Waals surface area contributed by atoms with E-state index >= 15 is 0 Å². The van der Waals surface area contributed by atoms with E-state index in [0.717, 1.165) is 29.9 Å². The standard InChI is InChI=1S/C18H24N2/c1-13-7-15(10-19)4-6-17(13)11-20(2)12-18-9-14-3-5-16(18)8-14/h4,6-7,14,16,18H,3,5,8-9,11-12H2,1-2H3. The lowest BCUT2D eigenvalue weighted by Crippen LogP contribution is -2.28. The molecule has 0 heterocycles. The Morgan fingerprint density at radius 1 is 1.30 bits per heavy atom. The van der Waals surface area contributed by atoms with Crippen LogP contribution in [0.15, 0.2) is 18.2 Å². The fourth-order valence-electron chi connectivity index (χ4n) is 4.30. The Kier molecular flexibility index (Phi) is 3.81. The second-order valence-electron chi connectivity index (χ2n) is 6.88. The Balaban J connectivity index is 1.59. The van der Waals surface area contributed by atoms with Gasteiger partial charge in [-0.1, -0.05) is 12.5 Å². The van der Waals surface area contributed by atoms with Crippen molar-refractivity contribution >= 4 is 0 Å². The van der Waals surface area contributed by atoms with E-state index in [4.69, 9.17) is 5.26 Å². The molecule has 2 saturated carbocycles. The lowest BCUT2D eigenvalue weighted by molar-refractivity contribution is 0.214. The molecule has 2 bridgehead atoms. The van der Waals surface area contributed by atoms with E-state index in [2.05, 4.69) is 31.0 Å². The van der Waals surface area contributed by atoms with Crippen LogP contribution in [0.5, 0.6) is 0 Å². The topological polar surface area (TPSA) is 27.0 Å². The Labute approximate surface area is 122 Å². The van der Waals surface area contributed by atoms with Crippen molar-refractivity contribution in [2.24, 2.45) is 17.8 Å². The van der Waals surface area contributed by atoms with Gasteiger partial charge in [-0.15, -0.1) is 0 Å². The zero-order valence-corrected chi connectivity index (χ0v) is 12.6. The summed E-state index contributed by atoms with van der Waals surface area (Å²) in [5.74, 6) is 2.97. The van der Waals surface area contributed by atoms with Crippen LogP contribution >= 0.6 is 0 Å². The van der Waals surface area contributed by atoms with Crippen molar-refractivity contribution in [3.63, 3.8) is 0 Å². The molecule has 0 aliphatic heterocycles. The second-order valence-corrected chi connectivity index (χ2v) is 6.88. The van der Waals surface area contributed by atoms with Crippen molar-refractivity contribution in [2.75, 3.05) is 13.6 Å². The maximum absolute atomic E-state index is 8.92. The Morgan fingerprint density at radius 3 is 2.75 bits per heavy atom. The molecule has 2 aliphatic rings. The van der Waals surface area contributed by atoms with Crippen LogP contribution in [0.25, 0.3) is 0 Å². The summed E-state index contributed by atoms with van der Waals surface area (Å²) >= 11 is 0. The molecule has 0 radical (unpaired) electrons. The first kappa shape index (κ1) is 13.6. The van der Waals surface area contributed by atoms with Crippen LogP contribution in [0.4, 0.5) is 0 Å². The highest BCUT2D eigenvalue weighted by Crippen LogP contribution is 2.48. The van der Waals surface area contributed by atoms with E-state index in [1.54, 1.807) is 0 Å². The van der Waals surface area contributed by atoms with Crippen LogP contribution in [0.3, 0.4) is 0 Å². The lowest BCUT2D eigenvalue weighted by Gasteiger charge is -2.27. The average molecular weight is 268 g/mol. The number of hydrogen-bond acceptors (Lipinski definition) is 2. The maximum Gasteiger partial charge on any atom is 0.0991 e. The highest BCUT2D eigenvalue weighted by Gasteiger charge is 2.39. The van der Waals surface area contributed by atoms with Crippen LogP contribution in [-0.2, 0) is 6.54 Å². The van der Waals surface area contributed by atoms with Gasteiger partial charge >= 0.3 is 0 Å². The third-order valence-electron chi connectivity index (χ3n) is 5.34. The van der Waals surface area contributed by atoms with Crippen molar-refractivity contribution < 1.29 is 0 Å². The third-order valence-corrected chi connectivity index (χ3v) is 5.34. The summed E-state index contributed by atoms with van der Waals surface area (Å²) in [7, 11) is 2.24. The van der Waals surface area contributed by atoms with E-state index in [0.29, 0.717) is 0 Å². The zero-order chi connectivity index (χ0) is 14.1. The molecule has 0 N–H and O–H groups in total. The van der Waals surface area contributed by atoms with Crippen LogP contribution in [0, 0.1) is 36.0 Å². The molecule has 0 amide bonds. The molecular weight excluding hydrogens is 244 g/mol. The first-order chi connectivity index (χ1) is 9.65. The first-order valence-electron chi connectivity index (χ1n) is 7.84. The van der Waals surface area contributed by atoms with E-state index in [1.165, 1.54) is 43.4 Å². The van der Waals surface area contributed by atoms with Gasteiger partial charge in [-0.25, -0.2) is 0 Å². The third kappa shape index (κ3) is 2.74. The predicted molar refractivity (Wildman–Crippen MR) is 81.2 cm³/mol. The van der Waals surface area contributed by atoms with Gasteiger partial charge in [0, 0.05) is 13.1 Å². The fourth-order valence-corrected chi connectivity index (χ4v) is 4.30. The van der Waals surface area contributed by atoms with Crippen molar-refractivity contribution in [3.05, 3.63) is 34.9 Å². The quantitative estimate of drug-likeness (QED) is 0.832. The minimum absolute atomic E-state index is 0.766. The number of nitriles is 1. The molecule has 3 rings (SSSR count). The molecule has 1 aromatic rings. The van der Waals surface area contributed by atoms with Gasteiger partial charge < -0.3 is 4.90 Å². The van der Waals surface area contributed by atoms with Crippen molar-refractivity contribution in [3.8, 4) is 6.07 Å². The van der Waals surface area contributed by atoms with E-state index in [1.807, 2.05) is 12.1 Å². The van der Waals surface area contributed by atoms with E-state index < -0.39 is 0 Å². The molecule has 2 aliphatic carbocycles. The minimum Gasteiger partial charge on any atom is -0.302 e. The summed E-state index contributed by atoms with van der Waals surface area (Å²) < 4.78 is 0. The van der Waals surface area contributed by atoms with Crippen molar-refractivity contribution in [1.82, 2.24) is 4.90 Å². The summed E-state index contributed by atoms with van der Waals surface area (Å²) in [4.78, 5) is 2.47. The monoisotopic (exact) mass is 268 g/mol. The predicted octanol–water partition coefficient (Wildman–Crippen LogP) is 3.73. The molecule has 1 aromatic carbocycles. The first-order valence-corrected chi connectivity index (χ1v) is 7.84. The summed E-state index contributed by atoms with van der Waals surface area (Å²) in [5.41, 5.74) is 3.36. The van der Waals surface area contributed by atoms with Gasteiger partial charge in [-0.3, -0.25) is 0 Å². The van der Waals surface area contributed by atoms with Gasteiger partial charge in [0.25, 0.3) is 0 Å². The van der Waals surface area contributed by atoms with Gasteiger partial charge in [0.2, 0.25) is 0 Å². The van der Waals surface area contributed by atoms with Crippen molar-refractivity contribution in [1.29, 1.82) is 5.26 Å². The number of benzene rings is 1. The molecule has 3 unspecified atom stereocenters. The Bertz CT molecular complexity index is 529. The van der Waals surface area contributed by atoms with Gasteiger partial charge in [-0.2, -0.15) is 5.26 Å². The number of hydrogen-bond donors (Lipinski definition) is 0. The molecule has 3 atom stereocenters. The molecule has 0 saturated heterocycles. The molecule has 2 nitrogen and oxygen atoms in total. The normalized spacial score (nSPS) is 28.0. The molecule has 2 heteroatoms. The molecule has 20 heavy (non-hydrogen) atoms. The summed E-state index contributed by atoms with van der Waals surface area (Å²) in [5, 5.41) is 8.92. The molecule has 2 fully saturated rings. The number of aryl methyl sites for hydroxylation is 1. The van der Waals surface area contributed by atoms with Crippen LogP contribution in [0.2, 0.25) is 0 Å². The molecule has 0 spiro atoms.